The van der Waals surface area contributed by atoms with Gasteiger partial charge in [0.05, 0.1) is 30.0 Å². The third kappa shape index (κ3) is 5.93. The quantitative estimate of drug-likeness (QED) is 0.372. The van der Waals surface area contributed by atoms with Gasteiger partial charge in [0.25, 0.3) is 0 Å². The van der Waals surface area contributed by atoms with Crippen LogP contribution in [0.25, 0.3) is 0 Å². The molecule has 0 bridgehead atoms. The van der Waals surface area contributed by atoms with E-state index in [1.54, 1.807) is 43.9 Å². The minimum Gasteiger partial charge on any atom is -0.417 e. The van der Waals surface area contributed by atoms with Gasteiger partial charge in [-0.05, 0) is 32.5 Å². The molecule has 0 saturated heterocycles. The minimum absolute atomic E-state index is 0.0246. The highest BCUT2D eigenvalue weighted by molar-refractivity contribution is 7.98. The summed E-state index contributed by atoms with van der Waals surface area (Å²) >= 11 is 2.86. The molecular weight excluding hydrogens is 486 g/mol. The average Bonchev–Trinajstić information content (AvgIpc) is 3.30. The molecule has 0 radical (unpaired) electrons. The highest BCUT2D eigenvalue weighted by Crippen LogP contribution is 2.41. The van der Waals surface area contributed by atoms with Crippen molar-refractivity contribution in [2.24, 2.45) is 0 Å². The first kappa shape index (κ1) is 25.7. The topological polar surface area (TPSA) is 88.9 Å². The molecule has 4 rings (SSSR count). The third-order valence-electron chi connectivity index (χ3n) is 4.68. The van der Waals surface area contributed by atoms with Crippen LogP contribution in [0, 0.1) is 11.6 Å². The first-order valence-electron chi connectivity index (χ1n) is 10.0. The van der Waals surface area contributed by atoms with E-state index in [0.717, 1.165) is 18.2 Å². The number of nitrogens with zero attached hydrogens (tertiary/aromatic N) is 2. The number of ether oxygens (including phenoxy) is 2. The Morgan fingerprint density at radius 2 is 2.03 bits per heavy atom. The van der Waals surface area contributed by atoms with E-state index in [0.29, 0.717) is 0 Å². The number of oxazole rings is 1. The molecule has 2 N–H and O–H groups in total. The Labute approximate surface area is 204 Å². The Morgan fingerprint density at radius 1 is 1.26 bits per heavy atom. The number of rotatable bonds is 7. The number of halogens is 2. The van der Waals surface area contributed by atoms with Crippen LogP contribution in [0.4, 0.5) is 19.3 Å². The summed E-state index contributed by atoms with van der Waals surface area (Å²) in [6, 6.07) is 6.63. The fourth-order valence-corrected chi connectivity index (χ4v) is 3.59. The largest absolute Gasteiger partial charge is 0.417 e. The van der Waals surface area contributed by atoms with Crippen LogP contribution in [0.5, 0.6) is 17.6 Å². The Balaban J connectivity index is 0.00000103. The number of aromatic nitrogens is 1. The summed E-state index contributed by atoms with van der Waals surface area (Å²) in [5.74, 6) is -1.05. The highest BCUT2D eigenvalue weighted by atomic mass is 32.2. The first-order chi connectivity index (χ1) is 16.4. The number of carbonyl (C=O) groups excluding carboxylic acids is 1. The van der Waals surface area contributed by atoms with Gasteiger partial charge in [0.15, 0.2) is 5.82 Å². The van der Waals surface area contributed by atoms with Gasteiger partial charge < -0.3 is 18.6 Å². The van der Waals surface area contributed by atoms with Crippen molar-refractivity contribution in [2.75, 3.05) is 24.3 Å². The van der Waals surface area contributed by atoms with E-state index in [1.165, 1.54) is 23.4 Å². The van der Waals surface area contributed by atoms with Crippen molar-refractivity contribution in [2.45, 2.75) is 19.5 Å². The van der Waals surface area contributed by atoms with Crippen molar-refractivity contribution >= 4 is 35.7 Å². The van der Waals surface area contributed by atoms with E-state index >= 15 is 0 Å². The molecule has 0 spiro atoms. The van der Waals surface area contributed by atoms with Gasteiger partial charge >= 0.3 is 12.2 Å². The minimum atomic E-state index is -0.727. The zero-order valence-electron chi connectivity index (χ0n) is 18.9. The van der Waals surface area contributed by atoms with Crippen molar-refractivity contribution in [1.82, 2.24) is 14.6 Å². The summed E-state index contributed by atoms with van der Waals surface area (Å²) in [7, 11) is 1.69. The van der Waals surface area contributed by atoms with Gasteiger partial charge in [0, 0.05) is 29.8 Å². The van der Waals surface area contributed by atoms with Crippen LogP contribution in [0.15, 0.2) is 47.2 Å². The van der Waals surface area contributed by atoms with Gasteiger partial charge in [-0.15, -0.1) is 0 Å². The Bertz CT molecular complexity index is 1120. The van der Waals surface area contributed by atoms with Gasteiger partial charge in [-0.2, -0.15) is 16.7 Å². The predicted octanol–water partition coefficient (Wildman–Crippen LogP) is 5.99. The summed E-state index contributed by atoms with van der Waals surface area (Å²) in [5, 5.41) is 0. The molecule has 1 aliphatic rings. The molecule has 1 aliphatic heterocycles. The molecule has 0 fully saturated rings. The maximum absolute atomic E-state index is 14.9. The summed E-state index contributed by atoms with van der Waals surface area (Å²) in [6.45, 7) is 1.55. The smallest absolute Gasteiger partial charge is 0.416 e. The van der Waals surface area contributed by atoms with E-state index in [9.17, 15) is 13.6 Å². The molecule has 2 aromatic carbocycles. The van der Waals surface area contributed by atoms with Crippen LogP contribution in [0.2, 0.25) is 0 Å². The maximum atomic E-state index is 14.9. The molecule has 182 valence electrons. The van der Waals surface area contributed by atoms with Crippen LogP contribution < -0.4 is 18.9 Å². The lowest BCUT2D eigenvalue weighted by Crippen LogP contribution is -2.40. The lowest BCUT2D eigenvalue weighted by molar-refractivity contribution is 0.114. The van der Waals surface area contributed by atoms with E-state index in [-0.39, 0.29) is 40.9 Å². The fourth-order valence-electron chi connectivity index (χ4n) is 3.22. The fraction of sp³-hybridized carbons (Fsp3) is 0.273. The predicted molar refractivity (Wildman–Crippen MR) is 129 cm³/mol. The molecule has 1 aromatic heterocycles. The van der Waals surface area contributed by atoms with Gasteiger partial charge in [-0.3, -0.25) is 4.90 Å². The van der Waals surface area contributed by atoms with Crippen LogP contribution >= 0.6 is 23.9 Å². The van der Waals surface area contributed by atoms with E-state index in [2.05, 4.69) is 14.4 Å². The second-order valence-electron chi connectivity index (χ2n) is 6.98. The van der Waals surface area contributed by atoms with Crippen LogP contribution in [-0.2, 0) is 6.54 Å². The summed E-state index contributed by atoms with van der Waals surface area (Å²) in [5.41, 5.74) is 0.688. The van der Waals surface area contributed by atoms with Crippen molar-refractivity contribution in [3.05, 3.63) is 65.6 Å². The van der Waals surface area contributed by atoms with Gasteiger partial charge in [0.2, 0.25) is 0 Å². The van der Waals surface area contributed by atoms with Crippen molar-refractivity contribution in [1.29, 1.82) is 0 Å². The molecular formula is C22H24F2N4O4S2. The molecule has 12 heteroatoms. The monoisotopic (exact) mass is 510 g/mol. The second-order valence-corrected chi connectivity index (χ2v) is 8.62. The number of hydrogen-bond donors (Lipinski definition) is 2. The van der Waals surface area contributed by atoms with Gasteiger partial charge in [-0.1, -0.05) is 12.1 Å². The highest BCUT2D eigenvalue weighted by Gasteiger charge is 2.35. The molecule has 1 atom stereocenters. The van der Waals surface area contributed by atoms with E-state index in [4.69, 9.17) is 13.9 Å². The van der Waals surface area contributed by atoms with Crippen molar-refractivity contribution < 1.29 is 27.5 Å². The zero-order valence-corrected chi connectivity index (χ0v) is 20.6. The molecule has 1 amide bonds. The van der Waals surface area contributed by atoms with E-state index in [1.807, 2.05) is 12.5 Å². The van der Waals surface area contributed by atoms with Gasteiger partial charge in [0.1, 0.15) is 23.6 Å². The number of nitrogens with one attached hydrogen (secondary N) is 2. The number of anilines is 1. The second kappa shape index (κ2) is 12.0. The summed E-state index contributed by atoms with van der Waals surface area (Å²) < 4.78 is 51.0. The van der Waals surface area contributed by atoms with Crippen molar-refractivity contribution in [3.8, 4) is 17.6 Å². The summed E-state index contributed by atoms with van der Waals surface area (Å²) in [6.07, 6.45) is 5.97. The van der Waals surface area contributed by atoms with Crippen LogP contribution in [-0.4, -0.2) is 35.5 Å². The third-order valence-corrected chi connectivity index (χ3v) is 5.21. The first-order valence-corrected chi connectivity index (χ1v) is 12.5. The van der Waals surface area contributed by atoms with Crippen LogP contribution in [0.1, 0.15) is 24.1 Å². The number of hydrogen-bond acceptors (Lipinski definition) is 9. The molecule has 0 aliphatic carbocycles. The number of carbonyl (C=O) groups is 1. The Hall–Kier alpha value is -2.96. The molecule has 0 saturated carbocycles. The molecule has 8 nitrogen and oxygen atoms in total. The number of benzene rings is 2. The Morgan fingerprint density at radius 3 is 2.71 bits per heavy atom. The molecule has 2 heterocycles. The Kier molecular flexibility index (Phi) is 9.02. The maximum Gasteiger partial charge on any atom is 0.416 e. The van der Waals surface area contributed by atoms with Gasteiger partial charge in [-0.25, -0.2) is 18.3 Å². The van der Waals surface area contributed by atoms with E-state index < -0.39 is 23.8 Å². The lowest BCUT2D eigenvalue weighted by Gasteiger charge is -2.34. The number of fused-ring (bicyclic) bond motifs is 1. The number of thioether (sulfide) groups is 1. The van der Waals surface area contributed by atoms with Crippen LogP contribution in [0.3, 0.4) is 0 Å². The lowest BCUT2D eigenvalue weighted by atomic mass is 10.0. The summed E-state index contributed by atoms with van der Waals surface area (Å²) in [4.78, 5) is 17.7. The zero-order chi connectivity index (χ0) is 24.7. The molecule has 34 heavy (non-hydrogen) atoms. The number of amides is 1. The molecule has 3 aromatic rings. The normalized spacial score (nSPS) is 14.6. The average molecular weight is 511 g/mol. The SMILES string of the molecule is CNSNc1cccc(CN2C(=O)Oc3cc(Oc4ncco4)cc(F)c3C2C)c1F.CSC. The standard InChI is InChI=1S/C20H18F2N4O4S.C2H6S/c1-11-17-14(21)8-13(29-19-24-6-7-28-19)9-16(17)30-20(27)26(11)10-12-4-3-5-15(18(12)22)25-31-23-2;1-3-2/h3-9,11,23,25H,10H2,1-2H3;1-2H3. The molecule has 1 unspecified atom stereocenters. The van der Waals surface area contributed by atoms with Crippen molar-refractivity contribution in [3.63, 3.8) is 0 Å².